The number of methoxy groups -OCH3 is 1. The van der Waals surface area contributed by atoms with Gasteiger partial charge in [0.25, 0.3) is 5.91 Å². The van der Waals surface area contributed by atoms with E-state index >= 15 is 0 Å². The molecule has 3 N–H and O–H groups in total. The van der Waals surface area contributed by atoms with Crippen molar-refractivity contribution >= 4 is 28.4 Å². The van der Waals surface area contributed by atoms with E-state index in [4.69, 9.17) is 9.72 Å². The van der Waals surface area contributed by atoms with Crippen LogP contribution in [-0.4, -0.2) is 67.6 Å². The van der Waals surface area contributed by atoms with Crippen LogP contribution in [0.15, 0.2) is 36.8 Å². The highest BCUT2D eigenvalue weighted by molar-refractivity contribution is 6.01. The van der Waals surface area contributed by atoms with Gasteiger partial charge in [-0.25, -0.2) is 9.97 Å². The average molecular weight is 462 g/mol. The van der Waals surface area contributed by atoms with Crippen LogP contribution in [0, 0.1) is 0 Å². The molecule has 176 valence electrons. The molecule has 0 radical (unpaired) electrons. The van der Waals surface area contributed by atoms with E-state index in [0.29, 0.717) is 24.1 Å². The third-order valence-electron chi connectivity index (χ3n) is 7.15. The summed E-state index contributed by atoms with van der Waals surface area (Å²) in [6, 6.07) is 6.07. The van der Waals surface area contributed by atoms with E-state index in [-0.39, 0.29) is 30.2 Å². The Morgan fingerprint density at radius 2 is 2.12 bits per heavy atom. The van der Waals surface area contributed by atoms with Crippen molar-refractivity contribution in [2.45, 2.75) is 50.0 Å². The van der Waals surface area contributed by atoms with Crippen LogP contribution in [0.1, 0.15) is 42.1 Å². The molecular weight excluding hydrogens is 434 g/mol. The van der Waals surface area contributed by atoms with E-state index in [1.54, 1.807) is 24.0 Å². The lowest BCUT2D eigenvalue weighted by Crippen LogP contribution is -2.51. The summed E-state index contributed by atoms with van der Waals surface area (Å²) in [5.41, 5.74) is 3.42. The number of aromatic nitrogens is 5. The van der Waals surface area contributed by atoms with Gasteiger partial charge in [0.1, 0.15) is 17.0 Å². The summed E-state index contributed by atoms with van der Waals surface area (Å²) in [6.45, 7) is 0. The van der Waals surface area contributed by atoms with E-state index in [2.05, 4.69) is 31.5 Å². The average Bonchev–Trinajstić information content (AvgIpc) is 3.41. The molecule has 4 aromatic rings. The van der Waals surface area contributed by atoms with E-state index in [0.717, 1.165) is 41.0 Å². The van der Waals surface area contributed by atoms with Gasteiger partial charge >= 0.3 is 0 Å². The first-order chi connectivity index (χ1) is 16.6. The number of anilines is 1. The number of nitrogens with zero attached hydrogens (tertiary/aromatic N) is 5. The van der Waals surface area contributed by atoms with Crippen molar-refractivity contribution in [3.8, 4) is 11.3 Å². The minimum absolute atomic E-state index is 0.00119. The van der Waals surface area contributed by atoms with Crippen LogP contribution in [0.2, 0.25) is 0 Å². The summed E-state index contributed by atoms with van der Waals surface area (Å²) in [5.74, 6) is 0.516. The summed E-state index contributed by atoms with van der Waals surface area (Å²) in [5, 5.41) is 21.5. The molecule has 2 atom stereocenters. The first-order valence-electron chi connectivity index (χ1n) is 11.6. The summed E-state index contributed by atoms with van der Waals surface area (Å²) in [4.78, 5) is 22.6. The molecular formula is C24H27N7O3. The van der Waals surface area contributed by atoms with Crippen molar-refractivity contribution in [1.82, 2.24) is 29.5 Å². The summed E-state index contributed by atoms with van der Waals surface area (Å²) in [6.07, 6.45) is 8.44. The minimum atomic E-state index is -0.263. The molecule has 0 spiro atoms. The molecule has 1 amide bonds. The predicted molar refractivity (Wildman–Crippen MR) is 127 cm³/mol. The molecule has 0 aromatic carbocycles. The lowest BCUT2D eigenvalue weighted by Gasteiger charge is -2.35. The largest absolute Gasteiger partial charge is 0.393 e. The summed E-state index contributed by atoms with van der Waals surface area (Å²) in [7, 11) is 3.49. The Hall–Kier alpha value is -3.50. The number of amides is 1. The van der Waals surface area contributed by atoms with E-state index in [9.17, 15) is 9.90 Å². The van der Waals surface area contributed by atoms with Crippen LogP contribution < -0.4 is 10.6 Å². The van der Waals surface area contributed by atoms with Crippen molar-refractivity contribution in [1.29, 1.82) is 0 Å². The maximum absolute atomic E-state index is 13.1. The molecule has 2 aliphatic rings. The molecule has 2 fully saturated rings. The molecule has 4 heterocycles. The highest BCUT2D eigenvalue weighted by Gasteiger charge is 2.33. The molecule has 0 aliphatic heterocycles. The molecule has 6 rings (SSSR count). The highest BCUT2D eigenvalue weighted by atomic mass is 16.5. The van der Waals surface area contributed by atoms with E-state index in [1.165, 1.54) is 0 Å². The molecule has 2 aliphatic carbocycles. The van der Waals surface area contributed by atoms with Gasteiger partial charge in [-0.1, -0.05) is 0 Å². The Labute approximate surface area is 196 Å². The van der Waals surface area contributed by atoms with Crippen LogP contribution in [0.25, 0.3) is 27.9 Å². The summed E-state index contributed by atoms with van der Waals surface area (Å²) < 4.78 is 9.19. The molecule has 0 unspecified atom stereocenters. The molecule has 34 heavy (non-hydrogen) atoms. The third kappa shape index (κ3) is 3.24. The van der Waals surface area contributed by atoms with Crippen molar-refractivity contribution in [3.05, 3.63) is 42.4 Å². The predicted octanol–water partition coefficient (Wildman–Crippen LogP) is 2.39. The van der Waals surface area contributed by atoms with Gasteiger partial charge in [0.2, 0.25) is 0 Å². The Bertz CT molecular complexity index is 1390. The third-order valence-corrected chi connectivity index (χ3v) is 7.15. The van der Waals surface area contributed by atoms with Crippen LogP contribution in [0.5, 0.6) is 0 Å². The fraction of sp³-hybridized carbons (Fsp3) is 0.417. The van der Waals surface area contributed by atoms with Crippen LogP contribution in [-0.2, 0) is 4.74 Å². The zero-order chi connectivity index (χ0) is 23.4. The number of hydrogen-bond acceptors (Lipinski definition) is 7. The zero-order valence-electron chi connectivity index (χ0n) is 19.1. The standard InChI is InChI=1S/C24H27N7O3/c1-25-21-10-19(17-12-30(13-8-14(32)9-13)22-15(17)4-3-7-26-22)28-23-16(11-27-31(21)23)24(33)29-18-5-6-20(18)34-2/h3-4,7,10-14,18,20,25,32H,5-6,8-9H2,1-2H3,(H,29,33)/t13-,14+,18-,20-/m1/s1. The second-order valence-electron chi connectivity index (χ2n) is 9.11. The van der Waals surface area contributed by atoms with Gasteiger partial charge in [-0.2, -0.15) is 9.61 Å². The number of pyridine rings is 1. The normalized spacial score (nSPS) is 24.1. The Balaban J connectivity index is 1.44. The SMILES string of the molecule is CNc1cc(-c2cn([C@H]3C[C@@H](O)C3)c3ncccc23)nc2c(C(=O)N[C@@H]3CC[C@H]3OC)cnn12. The maximum Gasteiger partial charge on any atom is 0.257 e. The fourth-order valence-electron chi connectivity index (χ4n) is 4.95. The Morgan fingerprint density at radius 1 is 1.26 bits per heavy atom. The fourth-order valence-corrected chi connectivity index (χ4v) is 4.95. The van der Waals surface area contributed by atoms with Gasteiger partial charge in [0.05, 0.1) is 30.1 Å². The smallest absolute Gasteiger partial charge is 0.257 e. The van der Waals surface area contributed by atoms with Gasteiger partial charge in [0, 0.05) is 49.6 Å². The van der Waals surface area contributed by atoms with Crippen LogP contribution >= 0.6 is 0 Å². The number of nitrogens with one attached hydrogen (secondary N) is 2. The first-order valence-corrected chi connectivity index (χ1v) is 11.6. The van der Waals surface area contributed by atoms with Crippen molar-refractivity contribution < 1.29 is 14.6 Å². The molecule has 4 aromatic heterocycles. The molecule has 10 heteroatoms. The van der Waals surface area contributed by atoms with Crippen molar-refractivity contribution in [3.63, 3.8) is 0 Å². The molecule has 2 saturated carbocycles. The quantitative estimate of drug-likeness (QED) is 0.403. The molecule has 10 nitrogen and oxygen atoms in total. The van der Waals surface area contributed by atoms with Crippen molar-refractivity contribution in [2.75, 3.05) is 19.5 Å². The Kier molecular flexibility index (Phi) is 5.00. The number of aliphatic hydroxyl groups excluding tert-OH is 1. The van der Waals surface area contributed by atoms with Crippen molar-refractivity contribution in [2.24, 2.45) is 0 Å². The molecule has 0 saturated heterocycles. The molecule has 0 bridgehead atoms. The van der Waals surface area contributed by atoms with Gasteiger partial charge in [0.15, 0.2) is 5.65 Å². The number of ether oxygens (including phenoxy) is 1. The number of rotatable bonds is 6. The van der Waals surface area contributed by atoms with Crippen LogP contribution in [0.4, 0.5) is 5.82 Å². The lowest BCUT2D eigenvalue weighted by atomic mass is 9.89. The zero-order valence-corrected chi connectivity index (χ0v) is 19.1. The highest BCUT2D eigenvalue weighted by Crippen LogP contribution is 2.38. The van der Waals surface area contributed by atoms with Gasteiger partial charge in [-0.15, -0.1) is 0 Å². The number of hydrogen-bond donors (Lipinski definition) is 3. The first kappa shape index (κ1) is 21.1. The van der Waals surface area contributed by atoms with E-state index in [1.807, 2.05) is 25.2 Å². The number of carbonyl (C=O) groups is 1. The second kappa shape index (κ2) is 8.07. The summed E-state index contributed by atoms with van der Waals surface area (Å²) >= 11 is 0. The maximum atomic E-state index is 13.1. The second-order valence-corrected chi connectivity index (χ2v) is 9.11. The van der Waals surface area contributed by atoms with Crippen LogP contribution in [0.3, 0.4) is 0 Å². The minimum Gasteiger partial charge on any atom is -0.393 e. The number of fused-ring (bicyclic) bond motifs is 2. The number of aliphatic hydroxyl groups is 1. The van der Waals surface area contributed by atoms with E-state index < -0.39 is 0 Å². The monoisotopic (exact) mass is 461 g/mol. The van der Waals surface area contributed by atoms with Gasteiger partial charge in [-0.3, -0.25) is 4.79 Å². The Morgan fingerprint density at radius 3 is 2.82 bits per heavy atom. The number of carbonyl (C=O) groups excluding carboxylic acids is 1. The van der Waals surface area contributed by atoms with Gasteiger partial charge < -0.3 is 25.0 Å². The van der Waals surface area contributed by atoms with Gasteiger partial charge in [-0.05, 0) is 37.8 Å². The topological polar surface area (TPSA) is 119 Å². The lowest BCUT2D eigenvalue weighted by molar-refractivity contribution is 0.00732.